The maximum atomic E-state index is 2.40. The van der Waals surface area contributed by atoms with Crippen LogP contribution in [0.15, 0.2) is 0 Å². The van der Waals surface area contributed by atoms with Crippen LogP contribution in [-0.4, -0.2) is 0 Å². The smallest absolute Gasteiger partial charge is 0.0355 e. The lowest BCUT2D eigenvalue weighted by Crippen LogP contribution is -2.48. The largest absolute Gasteiger partial charge is 0.0622 e. The van der Waals surface area contributed by atoms with E-state index in [1.165, 1.54) is 12.8 Å². The highest BCUT2D eigenvalue weighted by molar-refractivity contribution is 4.98. The van der Waals surface area contributed by atoms with Gasteiger partial charge in [-0.2, -0.15) is 0 Å². The zero-order valence-electron chi connectivity index (χ0n) is 5.72. The van der Waals surface area contributed by atoms with Crippen LogP contribution >= 0.6 is 0 Å². The number of hydrogen-bond donors (Lipinski definition) is 0. The van der Waals surface area contributed by atoms with Crippen LogP contribution in [-0.2, 0) is 0 Å². The number of fused-ring (bicyclic) bond motifs is 1. The molecular weight excluding hydrogens is 96.1 g/mol. The molecule has 2 rings (SSSR count). The van der Waals surface area contributed by atoms with Gasteiger partial charge in [-0.15, -0.1) is 0 Å². The van der Waals surface area contributed by atoms with Crippen molar-refractivity contribution in [1.82, 2.24) is 0 Å². The van der Waals surface area contributed by atoms with Gasteiger partial charge in [0.05, 0.1) is 0 Å². The van der Waals surface area contributed by atoms with Gasteiger partial charge in [-0.1, -0.05) is 13.8 Å². The second kappa shape index (κ2) is 1.29. The van der Waals surface area contributed by atoms with E-state index in [9.17, 15) is 0 Å². The second-order valence-electron chi connectivity index (χ2n) is 3.75. The molecule has 0 saturated heterocycles. The molecule has 2 fully saturated rings. The topological polar surface area (TPSA) is 0 Å². The molecule has 0 heterocycles. The second-order valence-corrected chi connectivity index (χ2v) is 3.75. The molecule has 0 nitrogen and oxygen atoms in total. The predicted octanol–water partition coefficient (Wildman–Crippen LogP) is 2.30. The maximum absolute atomic E-state index is 2.40. The Morgan fingerprint density at radius 2 is 1.25 bits per heavy atom. The Balaban J connectivity index is 1.96. The number of rotatable bonds is 0. The van der Waals surface area contributed by atoms with Crippen LogP contribution < -0.4 is 0 Å². The average molecular weight is 110 g/mol. The van der Waals surface area contributed by atoms with Crippen molar-refractivity contribution >= 4 is 0 Å². The van der Waals surface area contributed by atoms with Crippen LogP contribution in [0.3, 0.4) is 0 Å². The third kappa shape index (κ3) is 0.375. The monoisotopic (exact) mass is 110 g/mol. The summed E-state index contributed by atoms with van der Waals surface area (Å²) in [4.78, 5) is 0. The van der Waals surface area contributed by atoms with E-state index >= 15 is 0 Å². The highest BCUT2D eigenvalue weighted by Crippen LogP contribution is 2.57. The standard InChI is InChI=1S/C8H14/c1-5-3-8-6(2)4-7(5)8/h5-8H,3-4H2,1-2H3. The maximum Gasteiger partial charge on any atom is -0.0355 e. The molecule has 0 amide bonds. The molecule has 4 atom stereocenters. The van der Waals surface area contributed by atoms with Crippen molar-refractivity contribution in [3.63, 3.8) is 0 Å². The van der Waals surface area contributed by atoms with E-state index in [-0.39, 0.29) is 0 Å². The summed E-state index contributed by atoms with van der Waals surface area (Å²) in [6, 6.07) is 0. The average Bonchev–Trinajstić information content (AvgIpc) is 1.76. The van der Waals surface area contributed by atoms with E-state index < -0.39 is 0 Å². The molecule has 46 valence electrons. The van der Waals surface area contributed by atoms with Gasteiger partial charge in [0.2, 0.25) is 0 Å². The van der Waals surface area contributed by atoms with Crippen molar-refractivity contribution in [2.24, 2.45) is 23.7 Å². The molecule has 4 unspecified atom stereocenters. The van der Waals surface area contributed by atoms with Gasteiger partial charge < -0.3 is 0 Å². The van der Waals surface area contributed by atoms with Crippen molar-refractivity contribution in [3.05, 3.63) is 0 Å². The van der Waals surface area contributed by atoms with E-state index in [0.717, 1.165) is 23.7 Å². The summed E-state index contributed by atoms with van der Waals surface area (Å²) in [6.07, 6.45) is 3.07. The van der Waals surface area contributed by atoms with Gasteiger partial charge in [-0.3, -0.25) is 0 Å². The van der Waals surface area contributed by atoms with Crippen molar-refractivity contribution < 1.29 is 0 Å². The summed E-state index contributed by atoms with van der Waals surface area (Å²) >= 11 is 0. The van der Waals surface area contributed by atoms with E-state index in [2.05, 4.69) is 13.8 Å². The van der Waals surface area contributed by atoms with Crippen LogP contribution in [0.2, 0.25) is 0 Å². The summed E-state index contributed by atoms with van der Waals surface area (Å²) in [5.74, 6) is 4.47. The van der Waals surface area contributed by atoms with E-state index in [4.69, 9.17) is 0 Å². The Morgan fingerprint density at radius 3 is 1.38 bits per heavy atom. The molecule has 0 aromatic rings. The predicted molar refractivity (Wildman–Crippen MR) is 34.5 cm³/mol. The minimum atomic E-state index is 1.08. The quantitative estimate of drug-likeness (QED) is 0.449. The molecule has 0 N–H and O–H groups in total. The molecule has 2 saturated carbocycles. The lowest BCUT2D eigenvalue weighted by atomic mass is 9.49. The molecule has 2 aliphatic carbocycles. The van der Waals surface area contributed by atoms with Crippen molar-refractivity contribution in [2.75, 3.05) is 0 Å². The van der Waals surface area contributed by atoms with E-state index in [1.54, 1.807) is 0 Å². The summed E-state index contributed by atoms with van der Waals surface area (Å²) < 4.78 is 0. The first-order valence-corrected chi connectivity index (χ1v) is 3.79. The van der Waals surface area contributed by atoms with Crippen LogP contribution in [0.25, 0.3) is 0 Å². The normalized spacial score (nSPS) is 60.8. The summed E-state index contributed by atoms with van der Waals surface area (Å²) in [7, 11) is 0. The van der Waals surface area contributed by atoms with Gasteiger partial charge in [0, 0.05) is 0 Å². The first-order valence-electron chi connectivity index (χ1n) is 3.79. The highest BCUT2D eigenvalue weighted by Gasteiger charge is 2.49. The fourth-order valence-electron chi connectivity index (χ4n) is 2.47. The Labute approximate surface area is 51.3 Å². The molecule has 0 aliphatic heterocycles. The zero-order chi connectivity index (χ0) is 5.72. The Bertz CT molecular complexity index is 92.6. The third-order valence-electron chi connectivity index (χ3n) is 3.30. The molecule has 0 bridgehead atoms. The van der Waals surface area contributed by atoms with Crippen LogP contribution in [0.5, 0.6) is 0 Å². The van der Waals surface area contributed by atoms with Gasteiger partial charge in [-0.05, 0) is 36.5 Å². The zero-order valence-corrected chi connectivity index (χ0v) is 5.72. The lowest BCUT2D eigenvalue weighted by molar-refractivity contribution is -0.0699. The fourth-order valence-corrected chi connectivity index (χ4v) is 2.47. The van der Waals surface area contributed by atoms with Crippen LogP contribution in [0.1, 0.15) is 26.7 Å². The van der Waals surface area contributed by atoms with Gasteiger partial charge in [0.1, 0.15) is 0 Å². The third-order valence-corrected chi connectivity index (χ3v) is 3.30. The minimum absolute atomic E-state index is 1.08. The van der Waals surface area contributed by atoms with Crippen molar-refractivity contribution in [3.8, 4) is 0 Å². The molecule has 0 spiro atoms. The molecule has 0 aromatic heterocycles. The first-order chi connectivity index (χ1) is 3.79. The number of hydrogen-bond acceptors (Lipinski definition) is 0. The van der Waals surface area contributed by atoms with Gasteiger partial charge in [-0.25, -0.2) is 0 Å². The lowest BCUT2D eigenvalue weighted by Gasteiger charge is -2.56. The molecule has 0 heteroatoms. The highest BCUT2D eigenvalue weighted by atomic mass is 14.5. The van der Waals surface area contributed by atoms with Crippen molar-refractivity contribution in [2.45, 2.75) is 26.7 Å². The van der Waals surface area contributed by atoms with E-state index in [0.29, 0.717) is 0 Å². The first kappa shape index (κ1) is 4.84. The van der Waals surface area contributed by atoms with Gasteiger partial charge in [0.25, 0.3) is 0 Å². The Kier molecular flexibility index (Phi) is 0.778. The van der Waals surface area contributed by atoms with Crippen molar-refractivity contribution in [1.29, 1.82) is 0 Å². The van der Waals surface area contributed by atoms with Crippen LogP contribution in [0.4, 0.5) is 0 Å². The summed E-state index contributed by atoms with van der Waals surface area (Å²) in [5.41, 5.74) is 0. The Hall–Kier alpha value is 0. The molecule has 0 radical (unpaired) electrons. The van der Waals surface area contributed by atoms with E-state index in [1.807, 2.05) is 0 Å². The SMILES string of the molecule is CC1CC2C(C)CC12. The molecule has 2 aliphatic rings. The summed E-state index contributed by atoms with van der Waals surface area (Å²) in [5, 5.41) is 0. The molecular formula is C8H14. The van der Waals surface area contributed by atoms with Gasteiger partial charge >= 0.3 is 0 Å². The minimum Gasteiger partial charge on any atom is -0.0622 e. The van der Waals surface area contributed by atoms with Gasteiger partial charge in [0.15, 0.2) is 0 Å². The Morgan fingerprint density at radius 1 is 0.875 bits per heavy atom. The summed E-state index contributed by atoms with van der Waals surface area (Å²) in [6.45, 7) is 4.79. The molecule has 0 aromatic carbocycles. The van der Waals surface area contributed by atoms with Crippen LogP contribution in [0, 0.1) is 23.7 Å². The fraction of sp³-hybridized carbons (Fsp3) is 1.00. The molecule has 8 heavy (non-hydrogen) atoms.